The quantitative estimate of drug-likeness (QED) is 0.0261. The van der Waals surface area contributed by atoms with E-state index < -0.39 is 6.10 Å². The molecule has 0 aromatic heterocycles. The fourth-order valence-corrected chi connectivity index (χ4v) is 10.3. The summed E-state index contributed by atoms with van der Waals surface area (Å²) in [5.74, 6) is -0.876. The first-order valence-electron chi connectivity index (χ1n) is 34.6. The van der Waals surface area contributed by atoms with E-state index in [2.05, 4.69) is 69.4 Å². The van der Waals surface area contributed by atoms with Crippen molar-refractivity contribution >= 4 is 17.9 Å². The minimum absolute atomic E-state index is 0.0773. The van der Waals surface area contributed by atoms with Crippen LogP contribution >= 0.6 is 0 Å². The van der Waals surface area contributed by atoms with E-state index >= 15 is 0 Å². The lowest BCUT2D eigenvalue weighted by molar-refractivity contribution is -0.167. The third kappa shape index (κ3) is 64.2. The second-order valence-electron chi connectivity index (χ2n) is 23.4. The van der Waals surface area contributed by atoms with Gasteiger partial charge in [0.15, 0.2) is 6.10 Å². The number of hydrogen-bond acceptors (Lipinski definition) is 6. The Kier molecular flexibility index (Phi) is 64.6. The van der Waals surface area contributed by atoms with Crippen LogP contribution in [-0.2, 0) is 28.6 Å². The maximum absolute atomic E-state index is 12.9. The van der Waals surface area contributed by atoms with Gasteiger partial charge in [0.2, 0.25) is 0 Å². The summed E-state index contributed by atoms with van der Waals surface area (Å²) in [4.78, 5) is 38.4. The Morgan fingerprint density at radius 1 is 0.256 bits per heavy atom. The van der Waals surface area contributed by atoms with Crippen LogP contribution in [0.4, 0.5) is 0 Å². The van der Waals surface area contributed by atoms with Crippen molar-refractivity contribution in [3.63, 3.8) is 0 Å². The van der Waals surface area contributed by atoms with Gasteiger partial charge in [-0.25, -0.2) is 0 Å². The van der Waals surface area contributed by atoms with Gasteiger partial charge in [0.25, 0.3) is 0 Å². The molecule has 0 amide bonds. The lowest BCUT2D eigenvalue weighted by Crippen LogP contribution is -2.30. The molecule has 0 aliphatic carbocycles. The standard InChI is InChI=1S/C72H132O6/c1-4-7-10-13-16-19-22-25-28-31-32-33-34-35-36-37-38-39-40-42-44-47-50-53-56-59-62-65-71(74)77-68-69(67-76-70(73)64-61-58-55-52-49-46-43-30-27-24-21-18-15-12-9-6-3)78-72(75)66-63-60-57-54-51-48-45-41-29-26-23-20-17-14-11-8-5-2/h17,20-21,24,26,29-30,43,69H,4-16,18-19,22-23,25,27-28,31-42,44-68H2,1-3H3/b20-17-,24-21-,29-26-,43-30-. The molecule has 0 radical (unpaired) electrons. The molecule has 0 rings (SSSR count). The first kappa shape index (κ1) is 75.4. The Morgan fingerprint density at radius 2 is 0.462 bits per heavy atom. The zero-order valence-corrected chi connectivity index (χ0v) is 52.5. The number of rotatable bonds is 64. The summed E-state index contributed by atoms with van der Waals surface area (Å²) >= 11 is 0. The zero-order chi connectivity index (χ0) is 56.4. The van der Waals surface area contributed by atoms with Crippen LogP contribution in [0.2, 0.25) is 0 Å². The molecule has 0 fully saturated rings. The summed E-state index contributed by atoms with van der Waals surface area (Å²) in [6.45, 7) is 6.64. The highest BCUT2D eigenvalue weighted by atomic mass is 16.6. The zero-order valence-electron chi connectivity index (χ0n) is 52.5. The molecule has 0 bridgehead atoms. The number of carbonyl (C=O) groups is 3. The average molecular weight is 1090 g/mol. The summed E-state index contributed by atoms with van der Waals surface area (Å²) in [5, 5.41) is 0. The third-order valence-corrected chi connectivity index (χ3v) is 15.6. The molecule has 1 unspecified atom stereocenters. The largest absolute Gasteiger partial charge is 0.462 e. The molecule has 78 heavy (non-hydrogen) atoms. The van der Waals surface area contributed by atoms with Crippen LogP contribution in [0.3, 0.4) is 0 Å². The van der Waals surface area contributed by atoms with Crippen molar-refractivity contribution in [2.24, 2.45) is 0 Å². The summed E-state index contributed by atoms with van der Waals surface area (Å²) in [5.41, 5.74) is 0. The molecule has 456 valence electrons. The Balaban J connectivity index is 4.25. The lowest BCUT2D eigenvalue weighted by atomic mass is 10.0. The molecule has 6 heteroatoms. The molecule has 0 saturated heterocycles. The smallest absolute Gasteiger partial charge is 0.306 e. The van der Waals surface area contributed by atoms with Crippen molar-refractivity contribution < 1.29 is 28.6 Å². The van der Waals surface area contributed by atoms with Gasteiger partial charge >= 0.3 is 17.9 Å². The Labute approximate surface area is 486 Å². The van der Waals surface area contributed by atoms with Crippen LogP contribution in [-0.4, -0.2) is 37.2 Å². The van der Waals surface area contributed by atoms with Crippen molar-refractivity contribution in [1.29, 1.82) is 0 Å². The van der Waals surface area contributed by atoms with Crippen LogP contribution in [0, 0.1) is 0 Å². The van der Waals surface area contributed by atoms with Gasteiger partial charge < -0.3 is 14.2 Å². The molecule has 0 aliphatic heterocycles. The van der Waals surface area contributed by atoms with Crippen molar-refractivity contribution in [1.82, 2.24) is 0 Å². The van der Waals surface area contributed by atoms with Crippen LogP contribution < -0.4 is 0 Å². The predicted molar refractivity (Wildman–Crippen MR) is 339 cm³/mol. The van der Waals surface area contributed by atoms with E-state index in [1.807, 2.05) is 0 Å². The Bertz CT molecular complexity index is 1350. The summed E-state index contributed by atoms with van der Waals surface area (Å²) in [6.07, 6.45) is 84.2. The number of unbranched alkanes of at least 4 members (excludes halogenated alkanes) is 45. The summed E-state index contributed by atoms with van der Waals surface area (Å²) in [6, 6.07) is 0. The fraction of sp³-hybridized carbons (Fsp3) is 0.847. The molecule has 0 saturated carbocycles. The maximum atomic E-state index is 12.9. The van der Waals surface area contributed by atoms with Crippen molar-refractivity contribution in [2.45, 2.75) is 380 Å². The van der Waals surface area contributed by atoms with Gasteiger partial charge in [0.05, 0.1) is 0 Å². The normalized spacial score (nSPS) is 12.3. The van der Waals surface area contributed by atoms with Crippen LogP contribution in [0.5, 0.6) is 0 Å². The number of esters is 3. The van der Waals surface area contributed by atoms with E-state index in [0.29, 0.717) is 19.3 Å². The number of carbonyl (C=O) groups excluding carboxylic acids is 3. The molecule has 6 nitrogen and oxygen atoms in total. The summed E-state index contributed by atoms with van der Waals surface area (Å²) in [7, 11) is 0. The molecule has 0 heterocycles. The van der Waals surface area contributed by atoms with E-state index in [0.717, 1.165) is 89.9 Å². The van der Waals surface area contributed by atoms with E-state index in [1.165, 1.54) is 244 Å². The maximum Gasteiger partial charge on any atom is 0.306 e. The number of allylic oxidation sites excluding steroid dienone is 8. The molecule has 0 aliphatic rings. The highest BCUT2D eigenvalue weighted by Gasteiger charge is 2.19. The molecule has 0 aromatic carbocycles. The Morgan fingerprint density at radius 3 is 0.744 bits per heavy atom. The van der Waals surface area contributed by atoms with E-state index in [4.69, 9.17) is 14.2 Å². The van der Waals surface area contributed by atoms with Gasteiger partial charge in [-0.2, -0.15) is 0 Å². The van der Waals surface area contributed by atoms with Gasteiger partial charge in [-0.05, 0) is 83.5 Å². The highest BCUT2D eigenvalue weighted by Crippen LogP contribution is 2.18. The minimum atomic E-state index is -0.783. The Hall–Kier alpha value is -2.63. The average Bonchev–Trinajstić information content (AvgIpc) is 3.44. The van der Waals surface area contributed by atoms with Gasteiger partial charge in [0.1, 0.15) is 13.2 Å². The SMILES string of the molecule is CCCCC/C=C\C/C=C\CCCCCCCCCC(=O)OC(COC(=O)CCCCCCC/C=C\C/C=C\CCCCCC)COC(=O)CCCCCCCCCCCCCCCCCCCCCCCCCCCCC. The molecular formula is C72H132O6. The van der Waals surface area contributed by atoms with Gasteiger partial charge in [0, 0.05) is 19.3 Å². The van der Waals surface area contributed by atoms with Gasteiger partial charge in [-0.1, -0.05) is 320 Å². The van der Waals surface area contributed by atoms with Crippen LogP contribution in [0.1, 0.15) is 374 Å². The first-order chi connectivity index (χ1) is 38.5. The van der Waals surface area contributed by atoms with E-state index in [-0.39, 0.29) is 31.1 Å². The van der Waals surface area contributed by atoms with Crippen molar-refractivity contribution in [3.05, 3.63) is 48.6 Å². The second-order valence-corrected chi connectivity index (χ2v) is 23.4. The van der Waals surface area contributed by atoms with Crippen molar-refractivity contribution in [3.8, 4) is 0 Å². The first-order valence-corrected chi connectivity index (χ1v) is 34.6. The van der Waals surface area contributed by atoms with Crippen LogP contribution in [0.15, 0.2) is 48.6 Å². The highest BCUT2D eigenvalue weighted by molar-refractivity contribution is 5.71. The van der Waals surface area contributed by atoms with Gasteiger partial charge in [-0.3, -0.25) is 14.4 Å². The topological polar surface area (TPSA) is 78.9 Å². The lowest BCUT2D eigenvalue weighted by Gasteiger charge is -2.18. The van der Waals surface area contributed by atoms with Crippen LogP contribution in [0.25, 0.3) is 0 Å². The van der Waals surface area contributed by atoms with Gasteiger partial charge in [-0.15, -0.1) is 0 Å². The molecule has 1 atom stereocenters. The second kappa shape index (κ2) is 66.9. The predicted octanol–water partition coefficient (Wildman–Crippen LogP) is 23.7. The molecular weight excluding hydrogens is 961 g/mol. The van der Waals surface area contributed by atoms with E-state index in [1.54, 1.807) is 0 Å². The monoisotopic (exact) mass is 1090 g/mol. The fourth-order valence-electron chi connectivity index (χ4n) is 10.3. The van der Waals surface area contributed by atoms with E-state index in [9.17, 15) is 14.4 Å². The van der Waals surface area contributed by atoms with Crippen molar-refractivity contribution in [2.75, 3.05) is 13.2 Å². The number of hydrogen-bond donors (Lipinski definition) is 0. The minimum Gasteiger partial charge on any atom is -0.462 e. The molecule has 0 spiro atoms. The third-order valence-electron chi connectivity index (χ3n) is 15.6. The molecule has 0 N–H and O–H groups in total. The molecule has 0 aromatic rings. The number of ether oxygens (including phenoxy) is 3. The summed E-state index contributed by atoms with van der Waals surface area (Å²) < 4.78 is 17.0.